The predicted molar refractivity (Wildman–Crippen MR) is 89.9 cm³/mol. The van der Waals surface area contributed by atoms with E-state index in [1.807, 2.05) is 31.2 Å². The summed E-state index contributed by atoms with van der Waals surface area (Å²) < 4.78 is 5.19. The summed E-state index contributed by atoms with van der Waals surface area (Å²) in [7, 11) is 0. The smallest absolute Gasteiger partial charge is 0.310 e. The molecule has 0 saturated carbocycles. The molecular formula is C18H22N2O2. The third-order valence-corrected chi connectivity index (χ3v) is 4.32. The van der Waals surface area contributed by atoms with Crippen LogP contribution in [-0.4, -0.2) is 25.7 Å². The zero-order valence-corrected chi connectivity index (χ0v) is 12.9. The molecule has 2 aromatic carbocycles. The number of rotatable bonds is 3. The van der Waals surface area contributed by atoms with Crippen LogP contribution in [0.25, 0.3) is 10.8 Å². The zero-order valence-electron chi connectivity index (χ0n) is 12.9. The molecule has 1 fully saturated rings. The summed E-state index contributed by atoms with van der Waals surface area (Å²) in [6.45, 7) is 3.97. The summed E-state index contributed by atoms with van der Waals surface area (Å²) in [5, 5.41) is 2.21. The van der Waals surface area contributed by atoms with E-state index in [1.165, 1.54) is 0 Å². The Morgan fingerprint density at radius 1 is 1.27 bits per heavy atom. The van der Waals surface area contributed by atoms with Gasteiger partial charge in [0.1, 0.15) is 0 Å². The lowest BCUT2D eigenvalue weighted by molar-refractivity contribution is -0.148. The van der Waals surface area contributed by atoms with Crippen molar-refractivity contribution in [1.29, 1.82) is 0 Å². The van der Waals surface area contributed by atoms with Crippen LogP contribution < -0.4 is 10.6 Å². The van der Waals surface area contributed by atoms with Crippen LogP contribution in [0.4, 0.5) is 11.4 Å². The first-order valence-corrected chi connectivity index (χ1v) is 7.89. The normalized spacial score (nSPS) is 18.4. The molecule has 1 atom stereocenters. The van der Waals surface area contributed by atoms with Crippen LogP contribution in [0.15, 0.2) is 36.4 Å². The lowest BCUT2D eigenvalue weighted by Gasteiger charge is -2.34. The largest absolute Gasteiger partial charge is 0.466 e. The second-order valence-corrected chi connectivity index (χ2v) is 5.76. The average molecular weight is 298 g/mol. The number of benzene rings is 2. The van der Waals surface area contributed by atoms with Crippen LogP contribution in [0.5, 0.6) is 0 Å². The number of ether oxygens (including phenoxy) is 1. The minimum absolute atomic E-state index is 0.0370. The Labute approximate surface area is 130 Å². The highest BCUT2D eigenvalue weighted by atomic mass is 16.5. The van der Waals surface area contributed by atoms with Gasteiger partial charge in [0.05, 0.1) is 12.5 Å². The number of nitrogens with two attached hydrogens (primary N) is 1. The van der Waals surface area contributed by atoms with Gasteiger partial charge in [0, 0.05) is 35.2 Å². The number of anilines is 2. The maximum absolute atomic E-state index is 12.0. The monoisotopic (exact) mass is 298 g/mol. The van der Waals surface area contributed by atoms with E-state index < -0.39 is 0 Å². The standard InChI is InChI=1S/C18H22N2O2/c1-2-22-18(21)13-6-5-11-20(12-13)17-10-9-16(19)14-7-3-4-8-15(14)17/h3-4,7-10,13H,2,5-6,11-12,19H2,1H3/t13-/m0/s1. The third kappa shape index (κ3) is 2.73. The minimum Gasteiger partial charge on any atom is -0.466 e. The van der Waals surface area contributed by atoms with Crippen LogP contribution in [0.1, 0.15) is 19.8 Å². The van der Waals surface area contributed by atoms with Gasteiger partial charge in [0.2, 0.25) is 0 Å². The molecule has 116 valence electrons. The summed E-state index contributed by atoms with van der Waals surface area (Å²) >= 11 is 0. The number of carbonyl (C=O) groups excluding carboxylic acids is 1. The molecule has 0 aromatic heterocycles. The van der Waals surface area contributed by atoms with Crippen LogP contribution in [-0.2, 0) is 9.53 Å². The molecule has 2 N–H and O–H groups in total. The number of carbonyl (C=O) groups is 1. The van der Waals surface area contributed by atoms with E-state index in [2.05, 4.69) is 17.0 Å². The SMILES string of the molecule is CCOC(=O)[C@H]1CCCN(c2ccc(N)c3ccccc23)C1. The summed E-state index contributed by atoms with van der Waals surface area (Å²) in [6, 6.07) is 12.2. The summed E-state index contributed by atoms with van der Waals surface area (Å²) in [5.74, 6) is -0.114. The Kier molecular flexibility index (Phi) is 4.18. The summed E-state index contributed by atoms with van der Waals surface area (Å²) in [5.41, 5.74) is 8.02. The number of hydrogen-bond donors (Lipinski definition) is 1. The first-order chi connectivity index (χ1) is 10.7. The van der Waals surface area contributed by atoms with E-state index in [0.29, 0.717) is 13.2 Å². The van der Waals surface area contributed by atoms with Crippen molar-refractivity contribution < 1.29 is 9.53 Å². The fraction of sp³-hybridized carbons (Fsp3) is 0.389. The van der Waals surface area contributed by atoms with Gasteiger partial charge in [0.25, 0.3) is 0 Å². The highest BCUT2D eigenvalue weighted by molar-refractivity contribution is 6.01. The molecule has 2 aromatic rings. The van der Waals surface area contributed by atoms with Crippen molar-refractivity contribution in [3.63, 3.8) is 0 Å². The first kappa shape index (κ1) is 14.7. The molecule has 1 heterocycles. The van der Waals surface area contributed by atoms with Gasteiger partial charge in [-0.3, -0.25) is 4.79 Å². The number of fused-ring (bicyclic) bond motifs is 1. The van der Waals surface area contributed by atoms with Gasteiger partial charge in [-0.25, -0.2) is 0 Å². The van der Waals surface area contributed by atoms with Gasteiger partial charge >= 0.3 is 5.97 Å². The first-order valence-electron chi connectivity index (χ1n) is 7.89. The maximum atomic E-state index is 12.0. The number of nitrogen functional groups attached to an aromatic ring is 1. The van der Waals surface area contributed by atoms with Gasteiger partial charge in [-0.05, 0) is 31.9 Å². The van der Waals surface area contributed by atoms with Crippen molar-refractivity contribution in [3.05, 3.63) is 36.4 Å². The van der Waals surface area contributed by atoms with Gasteiger partial charge in [-0.15, -0.1) is 0 Å². The van der Waals surface area contributed by atoms with Crippen molar-refractivity contribution >= 4 is 28.1 Å². The Balaban J connectivity index is 1.91. The van der Waals surface area contributed by atoms with E-state index in [9.17, 15) is 4.79 Å². The predicted octanol–water partition coefficient (Wildman–Crippen LogP) is 3.20. The number of nitrogens with zero attached hydrogens (tertiary/aromatic N) is 1. The Morgan fingerprint density at radius 2 is 2.05 bits per heavy atom. The fourth-order valence-electron chi connectivity index (χ4n) is 3.23. The van der Waals surface area contributed by atoms with Crippen molar-refractivity contribution in [2.45, 2.75) is 19.8 Å². The maximum Gasteiger partial charge on any atom is 0.310 e. The molecule has 1 aliphatic rings. The van der Waals surface area contributed by atoms with Crippen LogP contribution in [0.2, 0.25) is 0 Å². The lowest BCUT2D eigenvalue weighted by atomic mass is 9.96. The Bertz CT molecular complexity index is 684. The number of esters is 1. The van der Waals surface area contributed by atoms with Gasteiger partial charge in [-0.2, -0.15) is 0 Å². The van der Waals surface area contributed by atoms with Crippen molar-refractivity contribution in [2.75, 3.05) is 30.3 Å². The number of piperidine rings is 1. The average Bonchev–Trinajstić information content (AvgIpc) is 2.56. The molecule has 1 saturated heterocycles. The van der Waals surface area contributed by atoms with Crippen LogP contribution in [0.3, 0.4) is 0 Å². The molecule has 0 radical (unpaired) electrons. The second kappa shape index (κ2) is 6.26. The third-order valence-electron chi connectivity index (χ3n) is 4.32. The van der Waals surface area contributed by atoms with Crippen molar-refractivity contribution in [3.8, 4) is 0 Å². The molecule has 22 heavy (non-hydrogen) atoms. The Morgan fingerprint density at radius 3 is 2.82 bits per heavy atom. The Hall–Kier alpha value is -2.23. The van der Waals surface area contributed by atoms with E-state index in [1.54, 1.807) is 0 Å². The topological polar surface area (TPSA) is 55.6 Å². The van der Waals surface area contributed by atoms with Gasteiger partial charge in [-0.1, -0.05) is 24.3 Å². The highest BCUT2D eigenvalue weighted by Crippen LogP contribution is 2.33. The second-order valence-electron chi connectivity index (χ2n) is 5.76. The van der Waals surface area contributed by atoms with Gasteiger partial charge < -0.3 is 15.4 Å². The molecule has 4 heteroatoms. The molecule has 0 unspecified atom stereocenters. The van der Waals surface area contributed by atoms with Crippen LogP contribution in [0, 0.1) is 5.92 Å². The van der Waals surface area contributed by atoms with E-state index in [0.717, 1.165) is 41.5 Å². The quantitative estimate of drug-likeness (QED) is 0.698. The molecule has 4 nitrogen and oxygen atoms in total. The molecule has 0 aliphatic carbocycles. The van der Waals surface area contributed by atoms with Gasteiger partial charge in [0.15, 0.2) is 0 Å². The molecule has 1 aliphatic heterocycles. The molecule has 0 amide bonds. The van der Waals surface area contributed by atoms with Crippen LogP contribution >= 0.6 is 0 Å². The molecule has 0 spiro atoms. The lowest BCUT2D eigenvalue weighted by Crippen LogP contribution is -2.39. The van der Waals surface area contributed by atoms with Crippen molar-refractivity contribution in [2.24, 2.45) is 5.92 Å². The fourth-order valence-corrected chi connectivity index (χ4v) is 3.23. The molecular weight excluding hydrogens is 276 g/mol. The number of hydrogen-bond acceptors (Lipinski definition) is 4. The minimum atomic E-state index is -0.0769. The summed E-state index contributed by atoms with van der Waals surface area (Å²) in [6.07, 6.45) is 1.91. The van der Waals surface area contributed by atoms with Crippen molar-refractivity contribution in [1.82, 2.24) is 0 Å². The van der Waals surface area contributed by atoms with E-state index in [-0.39, 0.29) is 11.9 Å². The zero-order chi connectivity index (χ0) is 15.5. The molecule has 0 bridgehead atoms. The molecule has 3 rings (SSSR count). The van der Waals surface area contributed by atoms with E-state index in [4.69, 9.17) is 10.5 Å². The summed E-state index contributed by atoms with van der Waals surface area (Å²) in [4.78, 5) is 14.3. The van der Waals surface area contributed by atoms with E-state index >= 15 is 0 Å². The highest BCUT2D eigenvalue weighted by Gasteiger charge is 2.27.